The highest BCUT2D eigenvalue weighted by atomic mass is 16.5. The first-order valence-corrected chi connectivity index (χ1v) is 7.72. The zero-order chi connectivity index (χ0) is 15.1. The van der Waals surface area contributed by atoms with Gasteiger partial charge in [0.1, 0.15) is 0 Å². The van der Waals surface area contributed by atoms with E-state index in [0.717, 1.165) is 37.6 Å². The second-order valence-corrected chi connectivity index (χ2v) is 5.76. The topological polar surface area (TPSA) is 39.7 Å². The Kier molecular flexibility index (Phi) is 5.88. The monoisotopic (exact) mass is 293 g/mol. The van der Waals surface area contributed by atoms with Crippen molar-refractivity contribution in [3.05, 3.63) is 23.8 Å². The summed E-state index contributed by atoms with van der Waals surface area (Å²) >= 11 is 0. The van der Waals surface area contributed by atoms with Gasteiger partial charge in [-0.05, 0) is 49.3 Å². The average Bonchev–Trinajstić information content (AvgIpc) is 3.26. The van der Waals surface area contributed by atoms with Crippen molar-refractivity contribution in [3.63, 3.8) is 0 Å². The Morgan fingerprint density at radius 2 is 2.00 bits per heavy atom. The van der Waals surface area contributed by atoms with Crippen LogP contribution in [-0.4, -0.2) is 34.0 Å². The van der Waals surface area contributed by atoms with E-state index >= 15 is 0 Å². The van der Waals surface area contributed by atoms with Gasteiger partial charge >= 0.3 is 0 Å². The lowest BCUT2D eigenvalue weighted by molar-refractivity contribution is 0.171. The summed E-state index contributed by atoms with van der Waals surface area (Å²) in [5, 5.41) is 3.57. The molecule has 1 aliphatic rings. The molecule has 0 spiro atoms. The van der Waals surface area contributed by atoms with Gasteiger partial charge in [0.05, 0.1) is 13.7 Å². The van der Waals surface area contributed by atoms with Crippen molar-refractivity contribution in [3.8, 4) is 11.5 Å². The number of ether oxygens (including phenoxy) is 3. The van der Waals surface area contributed by atoms with E-state index in [1.807, 2.05) is 13.0 Å². The summed E-state index contributed by atoms with van der Waals surface area (Å²) in [6.45, 7) is 5.41. The molecule has 1 saturated carbocycles. The second-order valence-electron chi connectivity index (χ2n) is 5.76. The van der Waals surface area contributed by atoms with Gasteiger partial charge in [0.2, 0.25) is 0 Å². The normalized spacial score (nSPS) is 15.8. The maximum Gasteiger partial charge on any atom is 0.161 e. The molecule has 0 unspecified atom stereocenters. The summed E-state index contributed by atoms with van der Waals surface area (Å²) in [6.07, 6.45) is 3.79. The smallest absolute Gasteiger partial charge is 0.161 e. The molecule has 2 rings (SSSR count). The maximum atomic E-state index is 5.61. The first-order valence-electron chi connectivity index (χ1n) is 7.72. The van der Waals surface area contributed by atoms with Gasteiger partial charge in [-0.2, -0.15) is 0 Å². The Morgan fingerprint density at radius 3 is 2.62 bits per heavy atom. The minimum absolute atomic E-state index is 0.477. The molecule has 4 nitrogen and oxygen atoms in total. The molecule has 0 atom stereocenters. The summed E-state index contributed by atoms with van der Waals surface area (Å²) in [5.41, 5.74) is 1.70. The van der Waals surface area contributed by atoms with Crippen LogP contribution in [0.25, 0.3) is 0 Å². The fourth-order valence-electron chi connectivity index (χ4n) is 2.58. The third kappa shape index (κ3) is 4.61. The number of methoxy groups -OCH3 is 2. The molecule has 0 radical (unpaired) electrons. The standard InChI is InChI=1S/C17H27NO3/c1-4-21-16-11-14(5-6-15(16)20-3)12-18-13-17(7-8-17)9-10-19-2/h5-6,11,18H,4,7-10,12-13H2,1-3H3. The molecule has 1 fully saturated rings. The zero-order valence-corrected chi connectivity index (χ0v) is 13.4. The Balaban J connectivity index is 1.84. The van der Waals surface area contributed by atoms with E-state index in [9.17, 15) is 0 Å². The third-order valence-corrected chi connectivity index (χ3v) is 4.15. The van der Waals surface area contributed by atoms with Crippen molar-refractivity contribution in [1.82, 2.24) is 5.32 Å². The van der Waals surface area contributed by atoms with Gasteiger partial charge in [0.15, 0.2) is 11.5 Å². The summed E-state index contributed by atoms with van der Waals surface area (Å²) in [4.78, 5) is 0. The Morgan fingerprint density at radius 1 is 1.19 bits per heavy atom. The van der Waals surface area contributed by atoms with Gasteiger partial charge in [-0.1, -0.05) is 6.07 Å². The van der Waals surface area contributed by atoms with E-state index in [2.05, 4.69) is 17.4 Å². The van der Waals surface area contributed by atoms with Crippen molar-refractivity contribution in [1.29, 1.82) is 0 Å². The number of hydrogen-bond acceptors (Lipinski definition) is 4. The summed E-state index contributed by atoms with van der Waals surface area (Å²) < 4.78 is 16.1. The van der Waals surface area contributed by atoms with Crippen LogP contribution in [0.2, 0.25) is 0 Å². The van der Waals surface area contributed by atoms with Crippen LogP contribution in [0.1, 0.15) is 31.7 Å². The number of benzene rings is 1. The van der Waals surface area contributed by atoms with E-state index in [4.69, 9.17) is 14.2 Å². The molecule has 0 aromatic heterocycles. The van der Waals surface area contributed by atoms with E-state index in [-0.39, 0.29) is 0 Å². The van der Waals surface area contributed by atoms with Crippen LogP contribution in [0.4, 0.5) is 0 Å². The van der Waals surface area contributed by atoms with Crippen LogP contribution < -0.4 is 14.8 Å². The lowest BCUT2D eigenvalue weighted by Gasteiger charge is -2.16. The van der Waals surface area contributed by atoms with Gasteiger partial charge in [-0.25, -0.2) is 0 Å². The minimum Gasteiger partial charge on any atom is -0.493 e. The van der Waals surface area contributed by atoms with Crippen molar-refractivity contribution in [2.24, 2.45) is 5.41 Å². The van der Waals surface area contributed by atoms with Crippen molar-refractivity contribution in [2.45, 2.75) is 32.7 Å². The van der Waals surface area contributed by atoms with E-state index < -0.39 is 0 Å². The van der Waals surface area contributed by atoms with Crippen LogP contribution in [0.15, 0.2) is 18.2 Å². The van der Waals surface area contributed by atoms with Crippen LogP contribution in [0.3, 0.4) is 0 Å². The van der Waals surface area contributed by atoms with Gasteiger partial charge in [0, 0.05) is 26.8 Å². The van der Waals surface area contributed by atoms with Gasteiger partial charge in [-0.15, -0.1) is 0 Å². The van der Waals surface area contributed by atoms with E-state index in [1.54, 1.807) is 14.2 Å². The van der Waals surface area contributed by atoms with Crippen LogP contribution in [0.5, 0.6) is 11.5 Å². The molecule has 1 N–H and O–H groups in total. The molecule has 0 amide bonds. The molecule has 0 heterocycles. The highest BCUT2D eigenvalue weighted by Gasteiger charge is 2.41. The van der Waals surface area contributed by atoms with Crippen molar-refractivity contribution >= 4 is 0 Å². The molecule has 1 aromatic rings. The average molecular weight is 293 g/mol. The molecule has 118 valence electrons. The molecule has 0 aliphatic heterocycles. The molecule has 0 bridgehead atoms. The zero-order valence-electron chi connectivity index (χ0n) is 13.4. The van der Waals surface area contributed by atoms with Crippen LogP contribution in [0, 0.1) is 5.41 Å². The quantitative estimate of drug-likeness (QED) is 0.720. The first kappa shape index (κ1) is 16.1. The Labute approximate surface area is 127 Å². The number of hydrogen-bond donors (Lipinski definition) is 1. The predicted molar refractivity (Wildman–Crippen MR) is 84.0 cm³/mol. The van der Waals surface area contributed by atoms with Crippen LogP contribution in [-0.2, 0) is 11.3 Å². The lowest BCUT2D eigenvalue weighted by Crippen LogP contribution is -2.24. The summed E-state index contributed by atoms with van der Waals surface area (Å²) in [5.74, 6) is 1.61. The van der Waals surface area contributed by atoms with E-state index in [0.29, 0.717) is 12.0 Å². The molecule has 4 heteroatoms. The van der Waals surface area contributed by atoms with Gasteiger partial charge < -0.3 is 19.5 Å². The summed E-state index contributed by atoms with van der Waals surface area (Å²) in [6, 6.07) is 6.12. The van der Waals surface area contributed by atoms with Crippen LogP contribution >= 0.6 is 0 Å². The van der Waals surface area contributed by atoms with E-state index in [1.165, 1.54) is 18.4 Å². The second kappa shape index (κ2) is 7.66. The Hall–Kier alpha value is -1.26. The SMILES string of the molecule is CCOc1cc(CNCC2(CCOC)CC2)ccc1OC. The molecule has 0 saturated heterocycles. The predicted octanol–water partition coefficient (Wildman–Crippen LogP) is 3.00. The minimum atomic E-state index is 0.477. The first-order chi connectivity index (χ1) is 10.2. The largest absolute Gasteiger partial charge is 0.493 e. The van der Waals surface area contributed by atoms with Crippen molar-refractivity contribution in [2.75, 3.05) is 34.0 Å². The summed E-state index contributed by atoms with van der Waals surface area (Å²) in [7, 11) is 3.44. The Bertz CT molecular complexity index is 444. The fraction of sp³-hybridized carbons (Fsp3) is 0.647. The highest BCUT2D eigenvalue weighted by Crippen LogP contribution is 2.48. The molecule has 1 aliphatic carbocycles. The molecule has 21 heavy (non-hydrogen) atoms. The molecular weight excluding hydrogens is 266 g/mol. The fourth-order valence-corrected chi connectivity index (χ4v) is 2.58. The molecule has 1 aromatic carbocycles. The van der Waals surface area contributed by atoms with Crippen molar-refractivity contribution < 1.29 is 14.2 Å². The van der Waals surface area contributed by atoms with Gasteiger partial charge in [0.25, 0.3) is 0 Å². The highest BCUT2D eigenvalue weighted by molar-refractivity contribution is 5.42. The van der Waals surface area contributed by atoms with Gasteiger partial charge in [-0.3, -0.25) is 0 Å². The number of nitrogens with one attached hydrogen (secondary N) is 1. The molecular formula is C17H27NO3. The third-order valence-electron chi connectivity index (χ3n) is 4.15. The number of rotatable bonds is 10. The maximum absolute atomic E-state index is 5.61. The lowest BCUT2D eigenvalue weighted by atomic mass is 10.0.